The predicted octanol–water partition coefficient (Wildman–Crippen LogP) is 2.06. The molecule has 0 aliphatic carbocycles. The van der Waals surface area contributed by atoms with E-state index >= 15 is 0 Å². The Morgan fingerprint density at radius 2 is 2.21 bits per heavy atom. The molecule has 1 aliphatic rings. The third kappa shape index (κ3) is 2.15. The summed E-state index contributed by atoms with van der Waals surface area (Å²) in [4.78, 5) is 11.2. The average molecular weight is 198 g/mol. The molecule has 0 aromatic rings. The molecule has 1 saturated heterocycles. The Morgan fingerprint density at radius 3 is 2.57 bits per heavy atom. The summed E-state index contributed by atoms with van der Waals surface area (Å²) in [5.74, 6) is -0.345. The van der Waals surface area contributed by atoms with E-state index in [2.05, 4.69) is 6.58 Å². The van der Waals surface area contributed by atoms with Crippen LogP contribution in [0.3, 0.4) is 0 Å². The van der Waals surface area contributed by atoms with E-state index in [0.717, 1.165) is 6.42 Å². The van der Waals surface area contributed by atoms with Crippen molar-refractivity contribution in [2.24, 2.45) is 0 Å². The lowest BCUT2D eigenvalue weighted by Gasteiger charge is -2.47. The first-order valence-corrected chi connectivity index (χ1v) is 4.89. The number of carbonyl (C=O) groups excluding carboxylic acids is 1. The lowest BCUT2D eigenvalue weighted by Crippen LogP contribution is -2.55. The van der Waals surface area contributed by atoms with Crippen molar-refractivity contribution < 1.29 is 14.3 Å². The molecule has 1 fully saturated rings. The van der Waals surface area contributed by atoms with Crippen LogP contribution in [-0.4, -0.2) is 23.8 Å². The van der Waals surface area contributed by atoms with Gasteiger partial charge in [0.1, 0.15) is 11.7 Å². The number of hydrogen-bond donors (Lipinski definition) is 0. The van der Waals surface area contributed by atoms with Gasteiger partial charge in [-0.1, -0.05) is 6.58 Å². The van der Waals surface area contributed by atoms with Gasteiger partial charge >= 0.3 is 5.97 Å². The molecule has 0 aromatic carbocycles. The highest BCUT2D eigenvalue weighted by atomic mass is 16.6. The van der Waals surface area contributed by atoms with Gasteiger partial charge in [0.25, 0.3) is 0 Å². The SMILES string of the molecule is C=C(C)C(=O)OC(C)C1(C)CC(C)O1. The van der Waals surface area contributed by atoms with E-state index in [4.69, 9.17) is 9.47 Å². The number of carbonyl (C=O) groups is 1. The highest BCUT2D eigenvalue weighted by Crippen LogP contribution is 2.36. The van der Waals surface area contributed by atoms with Crippen molar-refractivity contribution in [1.29, 1.82) is 0 Å². The Hall–Kier alpha value is -0.830. The molecular weight excluding hydrogens is 180 g/mol. The van der Waals surface area contributed by atoms with E-state index in [1.165, 1.54) is 0 Å². The van der Waals surface area contributed by atoms with E-state index in [9.17, 15) is 4.79 Å². The Kier molecular flexibility index (Phi) is 3.00. The maximum atomic E-state index is 11.2. The first kappa shape index (κ1) is 11.2. The fourth-order valence-electron chi connectivity index (χ4n) is 1.67. The van der Waals surface area contributed by atoms with Crippen LogP contribution in [0.5, 0.6) is 0 Å². The number of rotatable bonds is 3. The van der Waals surface area contributed by atoms with Gasteiger partial charge < -0.3 is 9.47 Å². The zero-order valence-electron chi connectivity index (χ0n) is 9.29. The molecule has 0 bridgehead atoms. The molecule has 0 aromatic heterocycles. The standard InChI is InChI=1S/C11H18O3/c1-7(2)10(12)13-9(4)11(5)6-8(3)14-11/h8-9H,1,6H2,2-5H3. The minimum atomic E-state index is -0.345. The fourth-order valence-corrected chi connectivity index (χ4v) is 1.67. The molecule has 0 radical (unpaired) electrons. The van der Waals surface area contributed by atoms with E-state index in [1.807, 2.05) is 20.8 Å². The van der Waals surface area contributed by atoms with E-state index in [0.29, 0.717) is 5.57 Å². The largest absolute Gasteiger partial charge is 0.456 e. The highest BCUT2D eigenvalue weighted by Gasteiger charge is 2.45. The Bertz CT molecular complexity index is 251. The summed E-state index contributed by atoms with van der Waals surface area (Å²) in [7, 11) is 0. The van der Waals surface area contributed by atoms with Crippen molar-refractivity contribution in [3.63, 3.8) is 0 Å². The van der Waals surface area contributed by atoms with E-state index in [1.54, 1.807) is 6.92 Å². The van der Waals surface area contributed by atoms with Gasteiger partial charge in [0.2, 0.25) is 0 Å². The second-order valence-electron chi connectivity index (χ2n) is 4.27. The molecule has 3 atom stereocenters. The minimum absolute atomic E-state index is 0.220. The molecule has 3 unspecified atom stereocenters. The molecule has 3 heteroatoms. The molecular formula is C11H18O3. The summed E-state index contributed by atoms with van der Waals surface area (Å²) in [6, 6.07) is 0. The van der Waals surface area contributed by atoms with Gasteiger partial charge in [0, 0.05) is 12.0 Å². The van der Waals surface area contributed by atoms with Crippen molar-refractivity contribution in [1.82, 2.24) is 0 Å². The first-order chi connectivity index (χ1) is 6.35. The maximum Gasteiger partial charge on any atom is 0.333 e. The van der Waals surface area contributed by atoms with Crippen LogP contribution in [0.4, 0.5) is 0 Å². The zero-order chi connectivity index (χ0) is 10.9. The molecule has 0 saturated carbocycles. The van der Waals surface area contributed by atoms with Crippen LogP contribution in [0.25, 0.3) is 0 Å². The molecule has 0 N–H and O–H groups in total. The number of ether oxygens (including phenoxy) is 2. The Balaban J connectivity index is 2.46. The molecule has 0 spiro atoms. The molecule has 1 aliphatic heterocycles. The van der Waals surface area contributed by atoms with Crippen molar-refractivity contribution in [3.8, 4) is 0 Å². The van der Waals surface area contributed by atoms with Crippen molar-refractivity contribution in [2.45, 2.75) is 51.9 Å². The smallest absolute Gasteiger partial charge is 0.333 e. The normalized spacial score (nSPS) is 33.0. The summed E-state index contributed by atoms with van der Waals surface area (Å²) in [5.41, 5.74) is 0.109. The minimum Gasteiger partial charge on any atom is -0.456 e. The predicted molar refractivity (Wildman–Crippen MR) is 53.9 cm³/mol. The number of esters is 1. The van der Waals surface area contributed by atoms with Gasteiger partial charge in [-0.15, -0.1) is 0 Å². The third-order valence-corrected chi connectivity index (χ3v) is 2.66. The van der Waals surface area contributed by atoms with Crippen molar-refractivity contribution in [2.75, 3.05) is 0 Å². The maximum absolute atomic E-state index is 11.2. The molecule has 3 nitrogen and oxygen atoms in total. The van der Waals surface area contributed by atoms with Crippen LogP contribution in [0, 0.1) is 0 Å². The lowest BCUT2D eigenvalue weighted by molar-refractivity contribution is -0.237. The van der Waals surface area contributed by atoms with Gasteiger partial charge in [-0.3, -0.25) is 0 Å². The Labute approximate surface area is 85.1 Å². The summed E-state index contributed by atoms with van der Waals surface area (Å²) in [6.45, 7) is 11.0. The second-order valence-corrected chi connectivity index (χ2v) is 4.27. The molecule has 1 heterocycles. The molecule has 1 rings (SSSR count). The van der Waals surface area contributed by atoms with Crippen molar-refractivity contribution >= 4 is 5.97 Å². The van der Waals surface area contributed by atoms with Gasteiger partial charge in [-0.25, -0.2) is 4.79 Å². The second kappa shape index (κ2) is 3.73. The van der Waals surface area contributed by atoms with E-state index in [-0.39, 0.29) is 23.8 Å². The quantitative estimate of drug-likeness (QED) is 0.514. The van der Waals surface area contributed by atoms with Crippen LogP contribution < -0.4 is 0 Å². The number of hydrogen-bond acceptors (Lipinski definition) is 3. The van der Waals surface area contributed by atoms with Crippen LogP contribution in [-0.2, 0) is 14.3 Å². The van der Waals surface area contributed by atoms with Crippen LogP contribution in [0.15, 0.2) is 12.2 Å². The van der Waals surface area contributed by atoms with E-state index < -0.39 is 0 Å². The monoisotopic (exact) mass is 198 g/mol. The first-order valence-electron chi connectivity index (χ1n) is 4.89. The van der Waals surface area contributed by atoms with Gasteiger partial charge in [0.05, 0.1) is 6.10 Å². The molecule has 14 heavy (non-hydrogen) atoms. The Morgan fingerprint density at radius 1 is 1.71 bits per heavy atom. The van der Waals surface area contributed by atoms with Crippen LogP contribution in [0.1, 0.15) is 34.1 Å². The lowest BCUT2D eigenvalue weighted by atomic mass is 9.87. The van der Waals surface area contributed by atoms with Crippen LogP contribution in [0.2, 0.25) is 0 Å². The third-order valence-electron chi connectivity index (χ3n) is 2.66. The van der Waals surface area contributed by atoms with Crippen LogP contribution >= 0.6 is 0 Å². The summed E-state index contributed by atoms with van der Waals surface area (Å²) < 4.78 is 10.8. The highest BCUT2D eigenvalue weighted by molar-refractivity contribution is 5.87. The topological polar surface area (TPSA) is 35.5 Å². The summed E-state index contributed by atoms with van der Waals surface area (Å²) in [6.07, 6.45) is 0.978. The fraction of sp³-hybridized carbons (Fsp3) is 0.727. The molecule has 80 valence electrons. The summed E-state index contributed by atoms with van der Waals surface area (Å²) in [5, 5.41) is 0. The summed E-state index contributed by atoms with van der Waals surface area (Å²) >= 11 is 0. The van der Waals surface area contributed by atoms with Gasteiger partial charge in [0.15, 0.2) is 0 Å². The van der Waals surface area contributed by atoms with Gasteiger partial charge in [-0.2, -0.15) is 0 Å². The van der Waals surface area contributed by atoms with Crippen molar-refractivity contribution in [3.05, 3.63) is 12.2 Å². The molecule has 0 amide bonds. The van der Waals surface area contributed by atoms with Gasteiger partial charge in [-0.05, 0) is 27.7 Å². The zero-order valence-corrected chi connectivity index (χ0v) is 9.29. The average Bonchev–Trinajstić information content (AvgIpc) is 2.01.